The molecule has 0 saturated heterocycles. The van der Waals surface area contributed by atoms with Gasteiger partial charge in [0.25, 0.3) is 0 Å². The van der Waals surface area contributed by atoms with E-state index in [4.69, 9.17) is 16.3 Å². The van der Waals surface area contributed by atoms with Crippen LogP contribution in [0.15, 0.2) is 48.5 Å². The zero-order valence-electron chi connectivity index (χ0n) is 14.4. The Morgan fingerprint density at radius 3 is 2.26 bits per heavy atom. The van der Waals surface area contributed by atoms with Gasteiger partial charge in [-0.05, 0) is 61.4 Å². The molecule has 0 N–H and O–H groups in total. The maximum absolute atomic E-state index is 13.2. The highest BCUT2D eigenvalue weighted by molar-refractivity contribution is 6.31. The zero-order valence-corrected chi connectivity index (χ0v) is 15.1. The molecule has 0 bridgehead atoms. The summed E-state index contributed by atoms with van der Waals surface area (Å²) < 4.78 is 58.1. The van der Waals surface area contributed by atoms with Gasteiger partial charge in [0.1, 0.15) is 11.6 Å². The molecular formula is C20H14ClF4NO. The average molecular weight is 396 g/mol. The van der Waals surface area contributed by atoms with Crippen LogP contribution in [-0.2, 0) is 6.18 Å². The van der Waals surface area contributed by atoms with E-state index in [2.05, 4.69) is 4.98 Å². The zero-order chi connectivity index (χ0) is 19.8. The van der Waals surface area contributed by atoms with Crippen LogP contribution in [0.4, 0.5) is 17.6 Å². The highest BCUT2D eigenvalue weighted by atomic mass is 35.5. The molecule has 0 unspecified atom stereocenters. The standard InChI is InChI=1S/C20H14ClF4NO/c1-11-9-16(13-3-5-14(22)6-4-13)19(26-12(11)2)27-15-7-8-18(21)17(10-15)20(23,24)25/h3-10H,1-2H3. The van der Waals surface area contributed by atoms with Gasteiger partial charge in [-0.2, -0.15) is 13.2 Å². The molecular weight excluding hydrogens is 382 g/mol. The number of ether oxygens (including phenoxy) is 1. The molecule has 0 saturated carbocycles. The molecule has 7 heteroatoms. The molecule has 2 aromatic carbocycles. The minimum atomic E-state index is -4.60. The first-order valence-electron chi connectivity index (χ1n) is 7.94. The lowest BCUT2D eigenvalue weighted by molar-refractivity contribution is -0.137. The van der Waals surface area contributed by atoms with Crippen LogP contribution >= 0.6 is 11.6 Å². The molecule has 0 amide bonds. The Hall–Kier alpha value is -2.60. The summed E-state index contributed by atoms with van der Waals surface area (Å²) in [6.45, 7) is 3.61. The maximum Gasteiger partial charge on any atom is 0.417 e. The van der Waals surface area contributed by atoms with Crippen LogP contribution in [0.5, 0.6) is 11.6 Å². The van der Waals surface area contributed by atoms with Crippen LogP contribution in [0, 0.1) is 19.7 Å². The van der Waals surface area contributed by atoms with Crippen molar-refractivity contribution < 1.29 is 22.3 Å². The number of benzene rings is 2. The molecule has 0 spiro atoms. The summed E-state index contributed by atoms with van der Waals surface area (Å²) in [6.07, 6.45) is -4.60. The monoisotopic (exact) mass is 395 g/mol. The number of alkyl halides is 3. The maximum atomic E-state index is 13.2. The second-order valence-corrected chi connectivity index (χ2v) is 6.40. The van der Waals surface area contributed by atoms with E-state index < -0.39 is 22.6 Å². The predicted octanol–water partition coefficient (Wildman–Crippen LogP) is 6.97. The fourth-order valence-corrected chi connectivity index (χ4v) is 2.72. The molecule has 0 atom stereocenters. The van der Waals surface area contributed by atoms with E-state index in [0.717, 1.165) is 17.7 Å². The molecule has 1 heterocycles. The SMILES string of the molecule is Cc1cc(-c2ccc(F)cc2)c(Oc2ccc(Cl)c(C(F)(F)F)c2)nc1C. The Morgan fingerprint density at radius 1 is 0.963 bits per heavy atom. The summed E-state index contributed by atoms with van der Waals surface area (Å²) in [5.41, 5.74) is 1.72. The smallest absolute Gasteiger partial charge is 0.417 e. The van der Waals surface area contributed by atoms with Gasteiger partial charge in [-0.25, -0.2) is 9.37 Å². The number of pyridine rings is 1. The summed E-state index contributed by atoms with van der Waals surface area (Å²) in [5.74, 6) is -0.323. The predicted molar refractivity (Wildman–Crippen MR) is 95.6 cm³/mol. The summed E-state index contributed by atoms with van der Waals surface area (Å²) in [4.78, 5) is 4.35. The van der Waals surface area contributed by atoms with Gasteiger partial charge in [-0.1, -0.05) is 23.7 Å². The fourth-order valence-electron chi connectivity index (χ4n) is 2.49. The Labute approximate surface area is 158 Å². The lowest BCUT2D eigenvalue weighted by Crippen LogP contribution is -2.06. The third kappa shape index (κ3) is 4.22. The summed E-state index contributed by atoms with van der Waals surface area (Å²) >= 11 is 5.65. The van der Waals surface area contributed by atoms with Crippen LogP contribution in [0.25, 0.3) is 11.1 Å². The van der Waals surface area contributed by atoms with E-state index in [9.17, 15) is 17.6 Å². The van der Waals surface area contributed by atoms with Gasteiger partial charge in [-0.15, -0.1) is 0 Å². The van der Waals surface area contributed by atoms with Gasteiger partial charge in [0.15, 0.2) is 0 Å². The van der Waals surface area contributed by atoms with Crippen molar-refractivity contribution in [3.63, 3.8) is 0 Å². The third-order valence-electron chi connectivity index (χ3n) is 4.04. The van der Waals surface area contributed by atoms with Crippen molar-refractivity contribution in [2.24, 2.45) is 0 Å². The Bertz CT molecular complexity index is 985. The van der Waals surface area contributed by atoms with Gasteiger partial charge >= 0.3 is 6.18 Å². The van der Waals surface area contributed by atoms with E-state index >= 15 is 0 Å². The van der Waals surface area contributed by atoms with E-state index in [-0.39, 0.29) is 11.6 Å². The number of rotatable bonds is 3. The first kappa shape index (κ1) is 19.2. The molecule has 2 nitrogen and oxygen atoms in total. The topological polar surface area (TPSA) is 22.1 Å². The number of hydrogen-bond donors (Lipinski definition) is 0. The van der Waals surface area contributed by atoms with Crippen molar-refractivity contribution in [1.82, 2.24) is 4.98 Å². The molecule has 3 aromatic rings. The van der Waals surface area contributed by atoms with Crippen molar-refractivity contribution in [1.29, 1.82) is 0 Å². The van der Waals surface area contributed by atoms with Crippen LogP contribution < -0.4 is 4.74 Å². The molecule has 1 aromatic heterocycles. The minimum absolute atomic E-state index is 0.0501. The van der Waals surface area contributed by atoms with Crippen molar-refractivity contribution in [2.75, 3.05) is 0 Å². The lowest BCUT2D eigenvalue weighted by atomic mass is 10.0. The van der Waals surface area contributed by atoms with Crippen LogP contribution in [-0.4, -0.2) is 4.98 Å². The molecule has 0 aliphatic heterocycles. The van der Waals surface area contributed by atoms with Crippen molar-refractivity contribution in [3.8, 4) is 22.8 Å². The first-order valence-corrected chi connectivity index (χ1v) is 8.32. The van der Waals surface area contributed by atoms with E-state index in [1.807, 2.05) is 6.92 Å². The highest BCUT2D eigenvalue weighted by Gasteiger charge is 2.33. The van der Waals surface area contributed by atoms with Crippen molar-refractivity contribution in [2.45, 2.75) is 20.0 Å². The average Bonchev–Trinajstić information content (AvgIpc) is 2.59. The summed E-state index contributed by atoms with van der Waals surface area (Å²) in [5, 5.41) is -0.415. The molecule has 3 rings (SSSR count). The van der Waals surface area contributed by atoms with Gasteiger partial charge in [0.05, 0.1) is 10.6 Å². The molecule has 140 valence electrons. The lowest BCUT2D eigenvalue weighted by Gasteiger charge is -2.15. The van der Waals surface area contributed by atoms with Gasteiger partial charge < -0.3 is 4.74 Å². The molecule has 27 heavy (non-hydrogen) atoms. The fraction of sp³-hybridized carbons (Fsp3) is 0.150. The largest absolute Gasteiger partial charge is 0.438 e. The second-order valence-electron chi connectivity index (χ2n) is 5.99. The molecule has 0 radical (unpaired) electrons. The van der Waals surface area contributed by atoms with E-state index in [0.29, 0.717) is 16.8 Å². The minimum Gasteiger partial charge on any atom is -0.438 e. The van der Waals surface area contributed by atoms with Crippen molar-refractivity contribution in [3.05, 3.63) is 76.2 Å². The Kier molecular flexibility index (Phi) is 5.11. The van der Waals surface area contributed by atoms with Crippen LogP contribution in [0.2, 0.25) is 5.02 Å². The van der Waals surface area contributed by atoms with Gasteiger partial charge in [0, 0.05) is 11.3 Å². The van der Waals surface area contributed by atoms with E-state index in [1.54, 1.807) is 25.1 Å². The number of aryl methyl sites for hydroxylation is 2. The number of halogens is 5. The highest BCUT2D eigenvalue weighted by Crippen LogP contribution is 2.39. The number of aromatic nitrogens is 1. The van der Waals surface area contributed by atoms with Crippen molar-refractivity contribution >= 4 is 11.6 Å². The normalized spacial score (nSPS) is 11.5. The van der Waals surface area contributed by atoms with Crippen LogP contribution in [0.1, 0.15) is 16.8 Å². The van der Waals surface area contributed by atoms with Gasteiger partial charge in [-0.3, -0.25) is 0 Å². The van der Waals surface area contributed by atoms with Crippen LogP contribution in [0.3, 0.4) is 0 Å². The molecule has 0 aliphatic rings. The second kappa shape index (κ2) is 7.19. The Balaban J connectivity index is 2.07. The first-order chi connectivity index (χ1) is 12.6. The van der Waals surface area contributed by atoms with E-state index in [1.165, 1.54) is 18.2 Å². The molecule has 0 aliphatic carbocycles. The summed E-state index contributed by atoms with van der Waals surface area (Å²) in [6, 6.07) is 10.8. The quantitative estimate of drug-likeness (QED) is 0.447. The number of nitrogens with zero attached hydrogens (tertiary/aromatic N) is 1. The summed E-state index contributed by atoms with van der Waals surface area (Å²) in [7, 11) is 0. The number of hydrogen-bond acceptors (Lipinski definition) is 2. The van der Waals surface area contributed by atoms with Gasteiger partial charge in [0.2, 0.25) is 5.88 Å². The Morgan fingerprint density at radius 2 is 1.63 bits per heavy atom. The molecule has 0 fully saturated rings. The third-order valence-corrected chi connectivity index (χ3v) is 4.37.